The SMILES string of the molecule is Nc1nc(Nc2cc(C3CC3)[nH]n2)nc(N2CCC[C@@H]2c2cc(F)ccc2F)n1. The first-order valence-corrected chi connectivity index (χ1v) is 9.62. The van der Waals surface area contributed by atoms with E-state index in [9.17, 15) is 8.78 Å². The number of aromatic nitrogens is 5. The summed E-state index contributed by atoms with van der Waals surface area (Å²) in [6, 6.07) is 5.04. The number of nitrogen functional groups attached to an aromatic ring is 1. The van der Waals surface area contributed by atoms with Gasteiger partial charge in [0, 0.05) is 29.8 Å². The van der Waals surface area contributed by atoms with E-state index in [0.29, 0.717) is 30.6 Å². The third-order valence-electron chi connectivity index (χ3n) is 5.32. The first-order chi connectivity index (χ1) is 14.1. The zero-order valence-corrected chi connectivity index (χ0v) is 15.6. The molecule has 1 saturated heterocycles. The van der Waals surface area contributed by atoms with Gasteiger partial charge in [-0.3, -0.25) is 5.10 Å². The third kappa shape index (κ3) is 3.57. The molecule has 10 heteroatoms. The normalized spacial score (nSPS) is 19.0. The second kappa shape index (κ2) is 6.94. The van der Waals surface area contributed by atoms with Crippen molar-refractivity contribution in [3.63, 3.8) is 0 Å². The van der Waals surface area contributed by atoms with Crippen molar-refractivity contribution in [1.82, 2.24) is 25.1 Å². The van der Waals surface area contributed by atoms with Crippen LogP contribution >= 0.6 is 0 Å². The Morgan fingerprint density at radius 3 is 2.79 bits per heavy atom. The van der Waals surface area contributed by atoms with Gasteiger partial charge in [-0.1, -0.05) is 0 Å². The molecule has 3 aromatic rings. The molecule has 8 nitrogen and oxygen atoms in total. The molecular weight excluding hydrogens is 378 g/mol. The van der Waals surface area contributed by atoms with Crippen LogP contribution in [0.4, 0.5) is 32.4 Å². The summed E-state index contributed by atoms with van der Waals surface area (Å²) >= 11 is 0. The van der Waals surface area contributed by atoms with Gasteiger partial charge in [-0.05, 0) is 43.9 Å². The standard InChI is InChI=1S/C19H20F2N8/c20-11-5-6-13(21)12(8-11)15-2-1-7-29(15)19-25-17(22)24-18(26-19)23-16-9-14(27-28-16)10-3-4-10/h5-6,8-10,15H,1-4,7H2,(H4,22,23,24,25,26,27,28)/t15-/m1/s1. The van der Waals surface area contributed by atoms with E-state index in [2.05, 4.69) is 30.5 Å². The zero-order chi connectivity index (χ0) is 20.0. The topological polar surface area (TPSA) is 109 Å². The number of hydrogen-bond donors (Lipinski definition) is 3. The Morgan fingerprint density at radius 2 is 1.97 bits per heavy atom. The van der Waals surface area contributed by atoms with Crippen LogP contribution in [0.1, 0.15) is 48.9 Å². The Kier molecular flexibility index (Phi) is 4.26. The van der Waals surface area contributed by atoms with E-state index in [0.717, 1.165) is 37.1 Å². The molecule has 29 heavy (non-hydrogen) atoms. The Bertz CT molecular complexity index is 1050. The number of H-pyrrole nitrogens is 1. The summed E-state index contributed by atoms with van der Waals surface area (Å²) in [7, 11) is 0. The van der Waals surface area contributed by atoms with Crippen molar-refractivity contribution in [3.05, 3.63) is 47.2 Å². The fourth-order valence-corrected chi connectivity index (χ4v) is 3.78. The molecule has 0 bridgehead atoms. The molecule has 0 spiro atoms. The highest BCUT2D eigenvalue weighted by molar-refractivity contribution is 5.53. The summed E-state index contributed by atoms with van der Waals surface area (Å²) in [5, 5.41) is 10.3. The maximum atomic E-state index is 14.3. The van der Waals surface area contributed by atoms with E-state index < -0.39 is 11.6 Å². The fraction of sp³-hybridized carbons (Fsp3) is 0.368. The number of halogens is 2. The molecule has 1 aliphatic heterocycles. The van der Waals surface area contributed by atoms with E-state index >= 15 is 0 Å². The minimum Gasteiger partial charge on any atom is -0.368 e. The van der Waals surface area contributed by atoms with Gasteiger partial charge in [0.25, 0.3) is 0 Å². The Balaban J connectivity index is 1.43. The number of aromatic amines is 1. The van der Waals surface area contributed by atoms with Gasteiger partial charge in [-0.25, -0.2) is 8.78 Å². The first-order valence-electron chi connectivity index (χ1n) is 9.62. The predicted molar refractivity (Wildman–Crippen MR) is 104 cm³/mol. The van der Waals surface area contributed by atoms with Crippen molar-refractivity contribution in [2.24, 2.45) is 0 Å². The number of benzene rings is 1. The van der Waals surface area contributed by atoms with Crippen molar-refractivity contribution < 1.29 is 8.78 Å². The average molecular weight is 398 g/mol. The van der Waals surface area contributed by atoms with Gasteiger partial charge in [0.1, 0.15) is 11.6 Å². The van der Waals surface area contributed by atoms with Gasteiger partial charge in [-0.15, -0.1) is 0 Å². The largest absolute Gasteiger partial charge is 0.368 e. The lowest BCUT2D eigenvalue weighted by molar-refractivity contribution is 0.559. The number of nitrogens with two attached hydrogens (primary N) is 1. The number of hydrogen-bond acceptors (Lipinski definition) is 7. The molecule has 1 atom stereocenters. The van der Waals surface area contributed by atoms with E-state index in [1.165, 1.54) is 6.07 Å². The predicted octanol–water partition coefficient (Wildman–Crippen LogP) is 3.42. The minimum absolute atomic E-state index is 0.0424. The van der Waals surface area contributed by atoms with Crippen molar-refractivity contribution in [3.8, 4) is 0 Å². The number of nitrogens with one attached hydrogen (secondary N) is 2. The highest BCUT2D eigenvalue weighted by Gasteiger charge is 2.31. The molecule has 1 aliphatic carbocycles. The van der Waals surface area contributed by atoms with Crippen LogP contribution in [0.5, 0.6) is 0 Å². The lowest BCUT2D eigenvalue weighted by atomic mass is 10.0. The second-order valence-electron chi connectivity index (χ2n) is 7.44. The number of rotatable bonds is 5. The van der Waals surface area contributed by atoms with Gasteiger partial charge in [0.05, 0.1) is 6.04 Å². The highest BCUT2D eigenvalue weighted by Crippen LogP contribution is 2.40. The number of nitrogens with zero attached hydrogens (tertiary/aromatic N) is 5. The maximum absolute atomic E-state index is 14.3. The molecule has 1 saturated carbocycles. The average Bonchev–Trinajstić information content (AvgIpc) is 3.23. The van der Waals surface area contributed by atoms with Crippen LogP contribution in [0.2, 0.25) is 0 Å². The summed E-state index contributed by atoms with van der Waals surface area (Å²) in [4.78, 5) is 14.6. The van der Waals surface area contributed by atoms with E-state index in [-0.39, 0.29) is 23.5 Å². The van der Waals surface area contributed by atoms with Crippen molar-refractivity contribution in [1.29, 1.82) is 0 Å². The van der Waals surface area contributed by atoms with Crippen LogP contribution < -0.4 is 16.0 Å². The first kappa shape index (κ1) is 17.8. The molecular formula is C19H20F2N8. The highest BCUT2D eigenvalue weighted by atomic mass is 19.1. The van der Waals surface area contributed by atoms with Crippen LogP contribution in [0.3, 0.4) is 0 Å². The second-order valence-corrected chi connectivity index (χ2v) is 7.44. The van der Waals surface area contributed by atoms with Gasteiger partial charge in [-0.2, -0.15) is 20.1 Å². The lowest BCUT2D eigenvalue weighted by Crippen LogP contribution is -2.26. The maximum Gasteiger partial charge on any atom is 0.235 e. The van der Waals surface area contributed by atoms with Gasteiger partial charge in [0.2, 0.25) is 17.8 Å². The zero-order valence-electron chi connectivity index (χ0n) is 15.6. The fourth-order valence-electron chi connectivity index (χ4n) is 3.78. The molecule has 1 aromatic carbocycles. The Hall–Kier alpha value is -3.30. The minimum atomic E-state index is -0.476. The molecule has 150 valence electrons. The van der Waals surface area contributed by atoms with E-state index in [1.54, 1.807) is 0 Å². The smallest absolute Gasteiger partial charge is 0.235 e. The van der Waals surface area contributed by atoms with E-state index in [4.69, 9.17) is 5.73 Å². The summed E-state index contributed by atoms with van der Waals surface area (Å²) in [6.45, 7) is 0.609. The van der Waals surface area contributed by atoms with Crippen molar-refractivity contribution in [2.75, 3.05) is 22.5 Å². The van der Waals surface area contributed by atoms with Crippen LogP contribution in [0, 0.1) is 11.6 Å². The van der Waals surface area contributed by atoms with Crippen LogP contribution in [0.25, 0.3) is 0 Å². The molecule has 0 amide bonds. The van der Waals surface area contributed by atoms with Crippen LogP contribution in [-0.2, 0) is 0 Å². The quantitative estimate of drug-likeness (QED) is 0.604. The van der Waals surface area contributed by atoms with Crippen LogP contribution in [0.15, 0.2) is 24.3 Å². The van der Waals surface area contributed by atoms with Crippen molar-refractivity contribution >= 4 is 23.7 Å². The van der Waals surface area contributed by atoms with Crippen LogP contribution in [-0.4, -0.2) is 31.7 Å². The molecule has 2 aromatic heterocycles. The summed E-state index contributed by atoms with van der Waals surface area (Å²) in [5.41, 5.74) is 7.26. The van der Waals surface area contributed by atoms with Gasteiger partial charge >= 0.3 is 0 Å². The lowest BCUT2D eigenvalue weighted by Gasteiger charge is -2.25. The molecule has 0 unspecified atom stereocenters. The Morgan fingerprint density at radius 1 is 1.10 bits per heavy atom. The molecule has 0 radical (unpaired) electrons. The molecule has 5 rings (SSSR count). The summed E-state index contributed by atoms with van der Waals surface area (Å²) in [5.74, 6) is 0.835. The van der Waals surface area contributed by atoms with Gasteiger partial charge in [0.15, 0.2) is 5.82 Å². The Labute approximate surface area is 165 Å². The molecule has 3 heterocycles. The van der Waals surface area contributed by atoms with Crippen molar-refractivity contribution in [2.45, 2.75) is 37.6 Å². The molecule has 2 aliphatic rings. The monoisotopic (exact) mass is 398 g/mol. The summed E-state index contributed by atoms with van der Waals surface area (Å²) < 4.78 is 28.0. The molecule has 2 fully saturated rings. The summed E-state index contributed by atoms with van der Waals surface area (Å²) in [6.07, 6.45) is 3.80. The van der Waals surface area contributed by atoms with E-state index in [1.807, 2.05) is 11.0 Å². The third-order valence-corrected chi connectivity index (χ3v) is 5.32. The number of anilines is 4. The van der Waals surface area contributed by atoms with Gasteiger partial charge < -0.3 is 16.0 Å². The molecule has 4 N–H and O–H groups in total.